The zero-order chi connectivity index (χ0) is 12.3. The third-order valence-electron chi connectivity index (χ3n) is 2.57. The highest BCUT2D eigenvalue weighted by molar-refractivity contribution is 6.07. The summed E-state index contributed by atoms with van der Waals surface area (Å²) in [4.78, 5) is 11.9. The maximum atomic E-state index is 11.9. The van der Waals surface area contributed by atoms with Gasteiger partial charge in [-0.2, -0.15) is 0 Å². The maximum Gasteiger partial charge on any atom is 0.248 e. The van der Waals surface area contributed by atoms with E-state index in [-0.39, 0.29) is 5.78 Å². The van der Waals surface area contributed by atoms with E-state index >= 15 is 0 Å². The summed E-state index contributed by atoms with van der Waals surface area (Å²) >= 11 is 0. The number of carbonyl (C=O) groups is 1. The monoisotopic (exact) mass is 227 g/mol. The minimum Gasteiger partial charge on any atom is -0.289 e. The van der Waals surface area contributed by atoms with Crippen molar-refractivity contribution in [2.45, 2.75) is 6.92 Å². The van der Waals surface area contributed by atoms with Crippen LogP contribution in [0.15, 0.2) is 55.1 Å². The van der Waals surface area contributed by atoms with Crippen LogP contribution in [0.25, 0.3) is 5.70 Å². The summed E-state index contributed by atoms with van der Waals surface area (Å²) in [7, 11) is 1.95. The Morgan fingerprint density at radius 3 is 2.59 bits per heavy atom. The average molecular weight is 227 g/mol. The second-order valence-electron chi connectivity index (χ2n) is 4.00. The van der Waals surface area contributed by atoms with Gasteiger partial charge in [-0.25, -0.2) is 9.13 Å². The zero-order valence-corrected chi connectivity index (χ0v) is 10.00. The fourth-order valence-electron chi connectivity index (χ4n) is 1.61. The smallest absolute Gasteiger partial charge is 0.248 e. The van der Waals surface area contributed by atoms with Gasteiger partial charge < -0.3 is 0 Å². The Balaban J connectivity index is 2.23. The molecule has 2 rings (SSSR count). The third kappa shape index (κ3) is 2.69. The molecule has 3 heteroatoms. The average Bonchev–Trinajstić information content (AvgIpc) is 2.77. The number of rotatable bonds is 3. The minimum atomic E-state index is 0.0273. The molecule has 0 atom stereocenters. The second-order valence-corrected chi connectivity index (χ2v) is 4.00. The summed E-state index contributed by atoms with van der Waals surface area (Å²) in [5, 5.41) is 0. The summed E-state index contributed by atoms with van der Waals surface area (Å²) in [6.45, 7) is 1.92. The van der Waals surface area contributed by atoms with Gasteiger partial charge in [0.1, 0.15) is 18.1 Å². The normalized spacial score (nSPS) is 11.5. The Labute approximate surface area is 101 Å². The minimum absolute atomic E-state index is 0.0273. The van der Waals surface area contributed by atoms with E-state index in [0.717, 1.165) is 5.70 Å². The number of carbonyl (C=O) groups excluding carboxylic acids is 1. The van der Waals surface area contributed by atoms with Gasteiger partial charge in [0, 0.05) is 11.6 Å². The number of aromatic nitrogens is 2. The first-order chi connectivity index (χ1) is 8.16. The molecule has 1 aromatic heterocycles. The summed E-state index contributed by atoms with van der Waals surface area (Å²) < 4.78 is 3.85. The lowest BCUT2D eigenvalue weighted by Gasteiger charge is -1.96. The van der Waals surface area contributed by atoms with E-state index in [2.05, 4.69) is 0 Å². The summed E-state index contributed by atoms with van der Waals surface area (Å²) in [5.74, 6) is 0.0273. The molecule has 0 saturated heterocycles. The van der Waals surface area contributed by atoms with Crippen LogP contribution in [0, 0.1) is 0 Å². The Bertz CT molecular complexity index is 553. The van der Waals surface area contributed by atoms with Gasteiger partial charge in [-0.05, 0) is 6.92 Å². The standard InChI is InChI=1S/C14H15N2O/c1-12(16-9-8-15(2)11-16)10-14(17)13-6-4-3-5-7-13/h3-11H,1-2H3/q+1/b12-10+. The van der Waals surface area contributed by atoms with Crippen LogP contribution in [-0.4, -0.2) is 10.4 Å². The van der Waals surface area contributed by atoms with Crippen LogP contribution < -0.4 is 4.57 Å². The zero-order valence-electron chi connectivity index (χ0n) is 10.00. The van der Waals surface area contributed by atoms with Crippen LogP contribution >= 0.6 is 0 Å². The van der Waals surface area contributed by atoms with Crippen LogP contribution in [0.3, 0.4) is 0 Å². The Hall–Kier alpha value is -2.16. The van der Waals surface area contributed by atoms with E-state index in [4.69, 9.17) is 0 Å². The molecule has 0 aliphatic rings. The molecule has 1 aromatic carbocycles. The third-order valence-corrected chi connectivity index (χ3v) is 2.57. The van der Waals surface area contributed by atoms with E-state index in [1.165, 1.54) is 0 Å². The number of allylic oxidation sites excluding steroid dienone is 2. The van der Waals surface area contributed by atoms with Crippen LogP contribution in [0.4, 0.5) is 0 Å². The number of aryl methyl sites for hydroxylation is 1. The second kappa shape index (κ2) is 4.78. The van der Waals surface area contributed by atoms with Crippen molar-refractivity contribution in [3.05, 3.63) is 60.7 Å². The molecule has 17 heavy (non-hydrogen) atoms. The van der Waals surface area contributed by atoms with Crippen molar-refractivity contribution < 1.29 is 9.36 Å². The Kier molecular flexibility index (Phi) is 3.19. The molecule has 0 unspecified atom stereocenters. The molecule has 86 valence electrons. The summed E-state index contributed by atoms with van der Waals surface area (Å²) in [6.07, 6.45) is 7.42. The molecule has 2 aromatic rings. The number of ketones is 1. The van der Waals surface area contributed by atoms with E-state index in [9.17, 15) is 4.79 Å². The van der Waals surface area contributed by atoms with E-state index in [1.54, 1.807) is 6.08 Å². The van der Waals surface area contributed by atoms with E-state index < -0.39 is 0 Å². The van der Waals surface area contributed by atoms with Crippen molar-refractivity contribution in [2.24, 2.45) is 7.05 Å². The molecule has 0 aliphatic heterocycles. The lowest BCUT2D eigenvalue weighted by atomic mass is 10.1. The van der Waals surface area contributed by atoms with Gasteiger partial charge in [0.2, 0.25) is 6.33 Å². The number of imidazole rings is 1. The van der Waals surface area contributed by atoms with Gasteiger partial charge >= 0.3 is 0 Å². The molecular formula is C14H15N2O+. The van der Waals surface area contributed by atoms with Crippen molar-refractivity contribution in [3.63, 3.8) is 0 Å². The predicted molar refractivity (Wildman–Crippen MR) is 66.3 cm³/mol. The maximum absolute atomic E-state index is 11.9. The first-order valence-corrected chi connectivity index (χ1v) is 5.48. The number of benzene rings is 1. The predicted octanol–water partition coefficient (Wildman–Crippen LogP) is 2.06. The Morgan fingerprint density at radius 1 is 1.29 bits per heavy atom. The fourth-order valence-corrected chi connectivity index (χ4v) is 1.61. The highest BCUT2D eigenvalue weighted by atomic mass is 16.1. The summed E-state index contributed by atoms with van der Waals surface area (Å²) in [6, 6.07) is 9.28. The van der Waals surface area contributed by atoms with Crippen molar-refractivity contribution in [1.29, 1.82) is 0 Å². The van der Waals surface area contributed by atoms with Crippen molar-refractivity contribution in [3.8, 4) is 0 Å². The molecule has 3 nitrogen and oxygen atoms in total. The molecule has 0 aliphatic carbocycles. The lowest BCUT2D eigenvalue weighted by Crippen LogP contribution is -2.23. The van der Waals surface area contributed by atoms with Crippen molar-refractivity contribution in [2.75, 3.05) is 0 Å². The molecule has 0 spiro atoms. The molecule has 0 radical (unpaired) electrons. The highest BCUT2D eigenvalue weighted by Crippen LogP contribution is 2.06. The van der Waals surface area contributed by atoms with Crippen molar-refractivity contribution in [1.82, 2.24) is 4.57 Å². The van der Waals surface area contributed by atoms with E-state index in [1.807, 2.05) is 72.2 Å². The Morgan fingerprint density at radius 2 is 2.00 bits per heavy atom. The van der Waals surface area contributed by atoms with Gasteiger partial charge in [0.05, 0.1) is 7.05 Å². The number of hydrogen-bond donors (Lipinski definition) is 0. The lowest BCUT2D eigenvalue weighted by molar-refractivity contribution is -0.670. The molecule has 0 saturated carbocycles. The van der Waals surface area contributed by atoms with Gasteiger partial charge in [-0.1, -0.05) is 30.3 Å². The summed E-state index contributed by atoms with van der Waals surface area (Å²) in [5.41, 5.74) is 1.61. The molecule has 0 amide bonds. The van der Waals surface area contributed by atoms with Crippen molar-refractivity contribution >= 4 is 11.5 Å². The van der Waals surface area contributed by atoms with Gasteiger partial charge in [0.25, 0.3) is 0 Å². The number of hydrogen-bond acceptors (Lipinski definition) is 1. The van der Waals surface area contributed by atoms with E-state index in [0.29, 0.717) is 5.56 Å². The highest BCUT2D eigenvalue weighted by Gasteiger charge is 2.06. The fraction of sp³-hybridized carbons (Fsp3) is 0.143. The molecule has 0 fully saturated rings. The molecule has 1 heterocycles. The topological polar surface area (TPSA) is 25.9 Å². The molecular weight excluding hydrogens is 212 g/mol. The van der Waals surface area contributed by atoms with Crippen LogP contribution in [0.5, 0.6) is 0 Å². The van der Waals surface area contributed by atoms with Crippen LogP contribution in [-0.2, 0) is 7.05 Å². The van der Waals surface area contributed by atoms with Crippen LogP contribution in [0.1, 0.15) is 17.3 Å². The molecule has 0 N–H and O–H groups in total. The van der Waals surface area contributed by atoms with Crippen LogP contribution in [0.2, 0.25) is 0 Å². The van der Waals surface area contributed by atoms with Gasteiger partial charge in [-0.3, -0.25) is 4.79 Å². The largest absolute Gasteiger partial charge is 0.289 e. The number of nitrogens with zero attached hydrogens (tertiary/aromatic N) is 2. The molecule has 0 bridgehead atoms. The SMILES string of the molecule is C/C(=C\C(=O)c1ccccc1)n1cc[n+](C)c1. The first kappa shape index (κ1) is 11.3. The van der Waals surface area contributed by atoms with Gasteiger partial charge in [-0.15, -0.1) is 0 Å². The quantitative estimate of drug-likeness (QED) is 0.448. The first-order valence-electron chi connectivity index (χ1n) is 5.48. The van der Waals surface area contributed by atoms with Gasteiger partial charge in [0.15, 0.2) is 5.78 Å².